The number of fused-ring (bicyclic) bond motifs is 1. The van der Waals surface area contributed by atoms with Crippen LogP contribution in [0.3, 0.4) is 0 Å². The molecule has 0 radical (unpaired) electrons. The molecule has 1 saturated heterocycles. The number of aromatic nitrogens is 1. The van der Waals surface area contributed by atoms with Crippen LogP contribution in [0.25, 0.3) is 10.9 Å². The Hall–Kier alpha value is -3.54. The summed E-state index contributed by atoms with van der Waals surface area (Å²) in [5.74, 6) is 0.708. The number of likely N-dealkylation sites (tertiary alicyclic amines) is 1. The minimum absolute atomic E-state index is 0.0661. The van der Waals surface area contributed by atoms with E-state index in [1.807, 2.05) is 60.8 Å². The number of piperidine rings is 1. The summed E-state index contributed by atoms with van der Waals surface area (Å²) in [5.41, 5.74) is 5.90. The van der Waals surface area contributed by atoms with E-state index in [-0.39, 0.29) is 11.6 Å². The smallest absolute Gasteiger partial charge is 0.186 e. The van der Waals surface area contributed by atoms with Gasteiger partial charge in [-0.25, -0.2) is 0 Å². The van der Waals surface area contributed by atoms with Crippen LogP contribution in [0, 0.1) is 0 Å². The van der Waals surface area contributed by atoms with Gasteiger partial charge in [0.2, 0.25) is 0 Å². The molecule has 1 aliphatic heterocycles. The molecule has 0 saturated carbocycles. The molecule has 1 atom stereocenters. The fraction of sp³-hybridized carbons (Fsp3) is 0.312. The predicted octanol–water partition coefficient (Wildman–Crippen LogP) is 5.94. The Morgan fingerprint density at radius 3 is 2.43 bits per heavy atom. The first kappa shape index (κ1) is 25.1. The number of Topliss-reactive ketones (excluding diaryl/α,β-unsaturated/α-hetero) is 2. The second-order valence-corrected chi connectivity index (χ2v) is 10.3. The van der Waals surface area contributed by atoms with Gasteiger partial charge in [0.05, 0.1) is 6.04 Å². The number of carbonyl (C=O) groups is 2. The van der Waals surface area contributed by atoms with Gasteiger partial charge in [-0.1, -0.05) is 66.7 Å². The normalized spacial score (nSPS) is 15.6. The average Bonchev–Trinajstić information content (AvgIpc) is 3.35. The van der Waals surface area contributed by atoms with Crippen molar-refractivity contribution in [2.75, 3.05) is 26.7 Å². The van der Waals surface area contributed by atoms with Gasteiger partial charge in [0.1, 0.15) is 0 Å². The lowest BCUT2D eigenvalue weighted by molar-refractivity contribution is 0.0944. The molecule has 1 fully saturated rings. The molecular weight excluding hydrogens is 458 g/mol. The standard InChI is InChI=1S/C32H35N3O2/c1-22(36)24-10-8-23(9-11-24)14-17-33-31(26-6-4-3-5-7-26)32(37)29-21-34-30-20-27(12-13-28(29)30)25-15-18-35(2)19-16-25/h3-13,20-21,25,31,33-34H,14-19H2,1-2H3/t31-/m0/s1. The van der Waals surface area contributed by atoms with Crippen molar-refractivity contribution in [2.45, 2.75) is 38.1 Å². The zero-order chi connectivity index (χ0) is 25.8. The van der Waals surface area contributed by atoms with Gasteiger partial charge in [-0.3, -0.25) is 9.59 Å². The molecule has 2 N–H and O–H groups in total. The molecule has 0 bridgehead atoms. The minimum Gasteiger partial charge on any atom is -0.360 e. The molecule has 0 aliphatic carbocycles. The molecule has 5 heteroatoms. The van der Waals surface area contributed by atoms with E-state index < -0.39 is 6.04 Å². The Morgan fingerprint density at radius 2 is 1.73 bits per heavy atom. The van der Waals surface area contributed by atoms with Crippen molar-refractivity contribution in [3.8, 4) is 0 Å². The highest BCUT2D eigenvalue weighted by molar-refractivity contribution is 6.10. The van der Waals surface area contributed by atoms with Crippen LogP contribution in [0.2, 0.25) is 0 Å². The maximum Gasteiger partial charge on any atom is 0.186 e. The number of rotatable bonds is 9. The van der Waals surface area contributed by atoms with Crippen LogP contribution in [0.1, 0.15) is 69.1 Å². The highest BCUT2D eigenvalue weighted by Crippen LogP contribution is 2.31. The summed E-state index contributed by atoms with van der Waals surface area (Å²) in [6.07, 6.45) is 4.98. The summed E-state index contributed by atoms with van der Waals surface area (Å²) in [4.78, 5) is 31.2. The van der Waals surface area contributed by atoms with Gasteiger partial charge in [-0.2, -0.15) is 0 Å². The molecule has 0 spiro atoms. The van der Waals surface area contributed by atoms with Crippen molar-refractivity contribution < 1.29 is 9.59 Å². The lowest BCUT2D eigenvalue weighted by Gasteiger charge is -2.29. The third-order valence-corrected chi connectivity index (χ3v) is 7.68. The van der Waals surface area contributed by atoms with Crippen molar-refractivity contribution in [1.82, 2.24) is 15.2 Å². The van der Waals surface area contributed by atoms with Crippen LogP contribution >= 0.6 is 0 Å². The molecule has 2 heterocycles. The quantitative estimate of drug-likeness (QED) is 0.283. The molecule has 190 valence electrons. The van der Waals surface area contributed by atoms with Crippen LogP contribution in [0.15, 0.2) is 79.0 Å². The van der Waals surface area contributed by atoms with Crippen molar-refractivity contribution in [2.24, 2.45) is 0 Å². The Bertz CT molecular complexity index is 1370. The second-order valence-electron chi connectivity index (χ2n) is 10.3. The van der Waals surface area contributed by atoms with E-state index in [9.17, 15) is 9.59 Å². The first-order valence-electron chi connectivity index (χ1n) is 13.2. The Labute approximate surface area is 218 Å². The molecule has 37 heavy (non-hydrogen) atoms. The molecule has 1 aromatic heterocycles. The number of hydrogen-bond acceptors (Lipinski definition) is 4. The fourth-order valence-corrected chi connectivity index (χ4v) is 5.37. The zero-order valence-electron chi connectivity index (χ0n) is 21.7. The Morgan fingerprint density at radius 1 is 1.00 bits per heavy atom. The molecule has 3 aromatic carbocycles. The second kappa shape index (κ2) is 11.2. The summed E-state index contributed by atoms with van der Waals surface area (Å²) >= 11 is 0. The number of ketones is 2. The molecule has 5 rings (SSSR count). The van der Waals surface area contributed by atoms with Gasteiger partial charge in [0, 0.05) is 34.8 Å². The highest BCUT2D eigenvalue weighted by atomic mass is 16.1. The van der Waals surface area contributed by atoms with Crippen molar-refractivity contribution in [3.63, 3.8) is 0 Å². The molecular formula is C32H35N3O2. The lowest BCUT2D eigenvalue weighted by atomic mass is 9.88. The highest BCUT2D eigenvalue weighted by Gasteiger charge is 2.25. The third kappa shape index (κ3) is 5.74. The SMILES string of the molecule is CC(=O)c1ccc(CCN[C@H](C(=O)c2c[nH]c3cc(C4CCN(C)CC4)ccc23)c2ccccc2)cc1. The van der Waals surface area contributed by atoms with Crippen molar-refractivity contribution in [1.29, 1.82) is 0 Å². The Balaban J connectivity index is 1.34. The number of nitrogens with one attached hydrogen (secondary N) is 2. The fourth-order valence-electron chi connectivity index (χ4n) is 5.37. The van der Waals surface area contributed by atoms with E-state index in [0.717, 1.165) is 47.1 Å². The third-order valence-electron chi connectivity index (χ3n) is 7.68. The first-order valence-corrected chi connectivity index (χ1v) is 13.2. The largest absolute Gasteiger partial charge is 0.360 e. The molecule has 0 amide bonds. The van der Waals surface area contributed by atoms with E-state index in [1.54, 1.807) is 6.92 Å². The lowest BCUT2D eigenvalue weighted by Crippen LogP contribution is -2.30. The topological polar surface area (TPSA) is 65.2 Å². The van der Waals surface area contributed by atoms with Gasteiger partial charge in [-0.05, 0) is 75.0 Å². The van der Waals surface area contributed by atoms with Crippen LogP contribution in [0.5, 0.6) is 0 Å². The molecule has 1 aliphatic rings. The van der Waals surface area contributed by atoms with E-state index in [4.69, 9.17) is 0 Å². The van der Waals surface area contributed by atoms with Gasteiger partial charge >= 0.3 is 0 Å². The summed E-state index contributed by atoms with van der Waals surface area (Å²) in [6, 6.07) is 23.7. The van der Waals surface area contributed by atoms with E-state index >= 15 is 0 Å². The summed E-state index contributed by atoms with van der Waals surface area (Å²) in [5, 5.41) is 4.48. The van der Waals surface area contributed by atoms with Gasteiger partial charge in [0.15, 0.2) is 11.6 Å². The van der Waals surface area contributed by atoms with Crippen LogP contribution in [0.4, 0.5) is 0 Å². The first-order chi connectivity index (χ1) is 18.0. The van der Waals surface area contributed by atoms with Crippen LogP contribution in [-0.4, -0.2) is 48.1 Å². The van der Waals surface area contributed by atoms with E-state index in [1.165, 1.54) is 18.4 Å². The maximum atomic E-state index is 13.9. The van der Waals surface area contributed by atoms with E-state index in [0.29, 0.717) is 18.0 Å². The molecule has 0 unspecified atom stereocenters. The van der Waals surface area contributed by atoms with E-state index in [2.05, 4.69) is 40.4 Å². The molecule has 4 aromatic rings. The maximum absolute atomic E-state index is 13.9. The van der Waals surface area contributed by atoms with Gasteiger partial charge in [-0.15, -0.1) is 0 Å². The van der Waals surface area contributed by atoms with Crippen molar-refractivity contribution in [3.05, 3.63) is 107 Å². The van der Waals surface area contributed by atoms with Gasteiger partial charge < -0.3 is 15.2 Å². The van der Waals surface area contributed by atoms with Gasteiger partial charge in [0.25, 0.3) is 0 Å². The summed E-state index contributed by atoms with van der Waals surface area (Å²) in [7, 11) is 2.18. The zero-order valence-corrected chi connectivity index (χ0v) is 21.7. The average molecular weight is 494 g/mol. The summed E-state index contributed by atoms with van der Waals surface area (Å²) in [6.45, 7) is 4.48. The summed E-state index contributed by atoms with van der Waals surface area (Å²) < 4.78 is 0. The Kier molecular flexibility index (Phi) is 7.63. The van der Waals surface area contributed by atoms with Crippen LogP contribution in [-0.2, 0) is 6.42 Å². The monoisotopic (exact) mass is 493 g/mol. The minimum atomic E-state index is -0.440. The number of aromatic amines is 1. The molecule has 5 nitrogen and oxygen atoms in total. The number of H-pyrrole nitrogens is 1. The predicted molar refractivity (Wildman–Crippen MR) is 149 cm³/mol. The van der Waals surface area contributed by atoms with Crippen molar-refractivity contribution >= 4 is 22.5 Å². The number of benzene rings is 3. The number of hydrogen-bond donors (Lipinski definition) is 2. The number of nitrogens with zero attached hydrogens (tertiary/aromatic N) is 1. The number of carbonyl (C=O) groups excluding carboxylic acids is 2. The van der Waals surface area contributed by atoms with Crippen LogP contribution < -0.4 is 5.32 Å².